The number of hydrogen-bond donors (Lipinski definition) is 1. The Morgan fingerprint density at radius 3 is 2.71 bits per heavy atom. The maximum absolute atomic E-state index is 13.1. The summed E-state index contributed by atoms with van der Waals surface area (Å²) in [7, 11) is 0. The molecule has 8 heteroatoms. The zero-order valence-electron chi connectivity index (χ0n) is 14.2. The Hall–Kier alpha value is -3.13. The molecule has 2 heterocycles. The molecule has 0 saturated carbocycles. The quantitative estimate of drug-likeness (QED) is 0.607. The monoisotopic (exact) mass is 399 g/mol. The van der Waals surface area contributed by atoms with Crippen LogP contribution in [-0.4, -0.2) is 16.1 Å². The smallest absolute Gasteiger partial charge is 0.300 e. The van der Waals surface area contributed by atoms with Crippen molar-refractivity contribution >= 4 is 45.5 Å². The van der Waals surface area contributed by atoms with E-state index in [-0.39, 0.29) is 10.9 Å². The first-order valence-corrected chi connectivity index (χ1v) is 9.02. The van der Waals surface area contributed by atoms with Crippen molar-refractivity contribution < 1.29 is 18.0 Å². The highest BCUT2D eigenvalue weighted by atomic mass is 32.2. The number of halogens is 3. The summed E-state index contributed by atoms with van der Waals surface area (Å²) in [6.07, 6.45) is -1.15. The van der Waals surface area contributed by atoms with Gasteiger partial charge in [0.1, 0.15) is 0 Å². The third kappa shape index (κ3) is 3.77. The Morgan fingerprint density at radius 2 is 1.89 bits per heavy atom. The van der Waals surface area contributed by atoms with Crippen LogP contribution in [0.4, 0.5) is 18.9 Å². The van der Waals surface area contributed by atoms with E-state index >= 15 is 0 Å². The Labute approximate surface area is 162 Å². The van der Waals surface area contributed by atoms with Gasteiger partial charge in [-0.2, -0.15) is 13.2 Å². The Kier molecular flexibility index (Phi) is 4.64. The van der Waals surface area contributed by atoms with E-state index in [1.165, 1.54) is 18.2 Å². The standard InChI is InChI=1S/C20H12F3N3OS/c21-20(22,23)14-5-1-2-6-16(14)25-19-26-18(27)17(28-19)11-12-7-8-15-13(10-12)4-3-9-24-15/h1-11H,(H,25,26,27). The second kappa shape index (κ2) is 7.12. The molecule has 1 amide bonds. The molecule has 0 radical (unpaired) electrons. The van der Waals surface area contributed by atoms with Crippen LogP contribution in [-0.2, 0) is 11.0 Å². The zero-order valence-corrected chi connectivity index (χ0v) is 15.0. The number of fused-ring (bicyclic) bond motifs is 1. The molecular formula is C20H12F3N3OS. The number of nitrogens with zero attached hydrogens (tertiary/aromatic N) is 2. The molecule has 140 valence electrons. The van der Waals surface area contributed by atoms with Crippen LogP contribution < -0.4 is 5.32 Å². The van der Waals surface area contributed by atoms with Crippen molar-refractivity contribution in [1.82, 2.24) is 10.3 Å². The summed E-state index contributed by atoms with van der Waals surface area (Å²) < 4.78 is 39.3. The number of aliphatic imine (C=N–C) groups is 1. The summed E-state index contributed by atoms with van der Waals surface area (Å²) in [6.45, 7) is 0. The molecule has 0 spiro atoms. The molecule has 1 saturated heterocycles. The lowest BCUT2D eigenvalue weighted by molar-refractivity contribution is -0.137. The van der Waals surface area contributed by atoms with Crippen LogP contribution in [0.2, 0.25) is 0 Å². The number of pyridine rings is 1. The average Bonchev–Trinajstić information content (AvgIpc) is 3.00. The summed E-state index contributed by atoms with van der Waals surface area (Å²) in [6, 6.07) is 14.3. The summed E-state index contributed by atoms with van der Waals surface area (Å²) >= 11 is 1.00. The van der Waals surface area contributed by atoms with E-state index in [2.05, 4.69) is 15.3 Å². The van der Waals surface area contributed by atoms with E-state index in [4.69, 9.17) is 0 Å². The maximum atomic E-state index is 13.1. The fraction of sp³-hybridized carbons (Fsp3) is 0.0500. The first-order chi connectivity index (χ1) is 13.4. The number of rotatable bonds is 2. The van der Waals surface area contributed by atoms with Crippen molar-refractivity contribution in [1.29, 1.82) is 0 Å². The molecule has 0 bridgehead atoms. The highest BCUT2D eigenvalue weighted by molar-refractivity contribution is 8.18. The minimum absolute atomic E-state index is 0.107. The molecule has 4 nitrogen and oxygen atoms in total. The molecule has 0 unspecified atom stereocenters. The highest BCUT2D eigenvalue weighted by Crippen LogP contribution is 2.37. The molecule has 1 aromatic heterocycles. The number of thioether (sulfide) groups is 1. The number of aromatic nitrogens is 1. The average molecular weight is 399 g/mol. The lowest BCUT2D eigenvalue weighted by Gasteiger charge is -2.09. The molecule has 1 aliphatic heterocycles. The molecule has 1 fully saturated rings. The van der Waals surface area contributed by atoms with Gasteiger partial charge < -0.3 is 5.32 Å². The number of carbonyl (C=O) groups is 1. The van der Waals surface area contributed by atoms with Crippen molar-refractivity contribution in [3.63, 3.8) is 0 Å². The Balaban J connectivity index is 1.64. The van der Waals surface area contributed by atoms with E-state index < -0.39 is 17.6 Å². The van der Waals surface area contributed by atoms with Crippen molar-refractivity contribution in [2.45, 2.75) is 6.18 Å². The van der Waals surface area contributed by atoms with Gasteiger partial charge in [0.15, 0.2) is 5.17 Å². The van der Waals surface area contributed by atoms with Crippen LogP contribution in [0.3, 0.4) is 0 Å². The molecule has 4 rings (SSSR count). The lowest BCUT2D eigenvalue weighted by Crippen LogP contribution is -2.19. The molecule has 28 heavy (non-hydrogen) atoms. The number of nitrogens with one attached hydrogen (secondary N) is 1. The van der Waals surface area contributed by atoms with Crippen LogP contribution in [0.15, 0.2) is 70.7 Å². The number of para-hydroxylation sites is 1. The van der Waals surface area contributed by atoms with E-state index in [1.807, 2.05) is 30.3 Å². The minimum atomic E-state index is -4.52. The number of benzene rings is 2. The van der Waals surface area contributed by atoms with Crippen molar-refractivity contribution in [3.05, 3.63) is 76.8 Å². The summed E-state index contributed by atoms with van der Waals surface area (Å²) in [5.74, 6) is -0.403. The predicted octanol–water partition coefficient (Wildman–Crippen LogP) is 5.15. The van der Waals surface area contributed by atoms with Crippen LogP contribution in [0, 0.1) is 0 Å². The van der Waals surface area contributed by atoms with Gasteiger partial charge in [-0.15, -0.1) is 0 Å². The van der Waals surface area contributed by atoms with Gasteiger partial charge in [0.05, 0.1) is 21.7 Å². The van der Waals surface area contributed by atoms with Crippen LogP contribution in [0.25, 0.3) is 17.0 Å². The van der Waals surface area contributed by atoms with Gasteiger partial charge in [-0.3, -0.25) is 9.78 Å². The first-order valence-electron chi connectivity index (χ1n) is 8.21. The Bertz CT molecular complexity index is 1140. The number of amides is 1. The van der Waals surface area contributed by atoms with Crippen LogP contribution in [0.1, 0.15) is 11.1 Å². The van der Waals surface area contributed by atoms with Gasteiger partial charge in [-0.1, -0.05) is 24.3 Å². The second-order valence-electron chi connectivity index (χ2n) is 5.95. The van der Waals surface area contributed by atoms with Gasteiger partial charge in [0.25, 0.3) is 5.91 Å². The third-order valence-corrected chi connectivity index (χ3v) is 4.92. The van der Waals surface area contributed by atoms with E-state index in [1.54, 1.807) is 12.3 Å². The fourth-order valence-corrected chi connectivity index (χ4v) is 3.57. The normalized spacial score (nSPS) is 17.5. The molecule has 3 aromatic rings. The molecule has 0 atom stereocenters. The number of alkyl halides is 3. The van der Waals surface area contributed by atoms with Crippen LogP contribution >= 0.6 is 11.8 Å². The van der Waals surface area contributed by atoms with Crippen molar-refractivity contribution in [2.75, 3.05) is 0 Å². The fourth-order valence-electron chi connectivity index (χ4n) is 2.74. The van der Waals surface area contributed by atoms with Gasteiger partial charge in [-0.05, 0) is 53.7 Å². The van der Waals surface area contributed by atoms with E-state index in [0.29, 0.717) is 4.91 Å². The van der Waals surface area contributed by atoms with E-state index in [0.717, 1.165) is 34.3 Å². The lowest BCUT2D eigenvalue weighted by atomic mass is 10.1. The summed E-state index contributed by atoms with van der Waals surface area (Å²) in [5, 5.41) is 3.55. The third-order valence-electron chi connectivity index (χ3n) is 4.01. The highest BCUT2D eigenvalue weighted by Gasteiger charge is 2.34. The Morgan fingerprint density at radius 1 is 1.07 bits per heavy atom. The van der Waals surface area contributed by atoms with Gasteiger partial charge >= 0.3 is 6.18 Å². The summed E-state index contributed by atoms with van der Waals surface area (Å²) in [4.78, 5) is 20.8. The number of carbonyl (C=O) groups excluding carboxylic acids is 1. The largest absolute Gasteiger partial charge is 0.418 e. The topological polar surface area (TPSA) is 54.4 Å². The van der Waals surface area contributed by atoms with E-state index in [9.17, 15) is 18.0 Å². The van der Waals surface area contributed by atoms with Gasteiger partial charge in [0.2, 0.25) is 0 Å². The van der Waals surface area contributed by atoms with Gasteiger partial charge in [-0.25, -0.2) is 4.99 Å². The molecular weight excluding hydrogens is 387 g/mol. The second-order valence-corrected chi connectivity index (χ2v) is 6.98. The molecule has 2 aromatic carbocycles. The predicted molar refractivity (Wildman–Crippen MR) is 104 cm³/mol. The van der Waals surface area contributed by atoms with Gasteiger partial charge in [0, 0.05) is 11.6 Å². The minimum Gasteiger partial charge on any atom is -0.300 e. The number of amidine groups is 1. The van der Waals surface area contributed by atoms with Crippen molar-refractivity contribution in [3.8, 4) is 0 Å². The van der Waals surface area contributed by atoms with Crippen LogP contribution in [0.5, 0.6) is 0 Å². The van der Waals surface area contributed by atoms with Crippen molar-refractivity contribution in [2.24, 2.45) is 4.99 Å². The molecule has 1 aliphatic rings. The zero-order chi connectivity index (χ0) is 19.7. The SMILES string of the molecule is O=C1NC(=Nc2ccccc2C(F)(F)F)SC1=Cc1ccc2ncccc2c1. The molecule has 0 aliphatic carbocycles. The number of hydrogen-bond acceptors (Lipinski definition) is 4. The summed E-state index contributed by atoms with van der Waals surface area (Å²) in [5.41, 5.74) is 0.530. The molecule has 1 N–H and O–H groups in total. The maximum Gasteiger partial charge on any atom is 0.418 e. The first kappa shape index (κ1) is 18.2.